The molecule has 0 radical (unpaired) electrons. The average molecular weight is 205 g/mol. The highest BCUT2D eigenvalue weighted by molar-refractivity contribution is 5.74. The first-order valence-corrected chi connectivity index (χ1v) is 4.78. The molecule has 5 heteroatoms. The van der Waals surface area contributed by atoms with Crippen LogP contribution in [-0.4, -0.2) is 43.0 Å². The fourth-order valence-electron chi connectivity index (χ4n) is 0.870. The predicted octanol–water partition coefficient (Wildman–Crippen LogP) is -0.336. The second-order valence-electron chi connectivity index (χ2n) is 3.00. The van der Waals surface area contributed by atoms with Gasteiger partial charge in [-0.2, -0.15) is 0 Å². The van der Waals surface area contributed by atoms with E-state index in [0.29, 0.717) is 13.2 Å². The van der Waals surface area contributed by atoms with E-state index in [4.69, 9.17) is 15.2 Å². The van der Waals surface area contributed by atoms with Crippen LogP contribution in [0.3, 0.4) is 0 Å². The van der Waals surface area contributed by atoms with Gasteiger partial charge in [0.05, 0.1) is 6.61 Å². The van der Waals surface area contributed by atoms with Crippen LogP contribution in [0, 0.1) is 0 Å². The summed E-state index contributed by atoms with van der Waals surface area (Å²) in [6.07, 6.45) is -1.24. The van der Waals surface area contributed by atoms with E-state index in [2.05, 4.69) is 0 Å². The number of hydrogen-bond acceptors (Lipinski definition) is 5. The molecule has 3 N–H and O–H groups in total. The van der Waals surface area contributed by atoms with E-state index in [0.717, 1.165) is 0 Å². The molecular formula is C9H19NO4. The van der Waals surface area contributed by atoms with Crippen molar-refractivity contribution in [2.45, 2.75) is 32.5 Å². The number of ether oxygens (including phenoxy) is 2. The number of aliphatic hydroxyl groups excluding tert-OH is 1. The summed E-state index contributed by atoms with van der Waals surface area (Å²) >= 11 is 0. The maximum Gasteiger partial charge on any atom is 0.335 e. The van der Waals surface area contributed by atoms with Gasteiger partial charge < -0.3 is 20.3 Å². The summed E-state index contributed by atoms with van der Waals surface area (Å²) in [5.41, 5.74) is 5.19. The van der Waals surface area contributed by atoms with Gasteiger partial charge in [0.15, 0.2) is 6.10 Å². The second kappa shape index (κ2) is 7.73. The Morgan fingerprint density at radius 3 is 2.71 bits per heavy atom. The van der Waals surface area contributed by atoms with Crippen LogP contribution >= 0.6 is 0 Å². The molecular weight excluding hydrogens is 186 g/mol. The number of aliphatic hydroxyl groups is 1. The number of hydrogen-bond donors (Lipinski definition) is 2. The average Bonchev–Trinajstić information content (AvgIpc) is 2.15. The number of carbonyl (C=O) groups is 1. The zero-order chi connectivity index (χ0) is 11.0. The van der Waals surface area contributed by atoms with E-state index in [-0.39, 0.29) is 19.1 Å². The minimum absolute atomic E-state index is 0.222. The van der Waals surface area contributed by atoms with Crippen LogP contribution in [0.2, 0.25) is 0 Å². The lowest BCUT2D eigenvalue weighted by atomic mass is 10.2. The summed E-state index contributed by atoms with van der Waals surface area (Å²) in [5.74, 6) is -0.636. The maximum absolute atomic E-state index is 11.1. The van der Waals surface area contributed by atoms with Gasteiger partial charge in [-0.1, -0.05) is 0 Å². The Hall–Kier alpha value is -0.650. The summed E-state index contributed by atoms with van der Waals surface area (Å²) in [4.78, 5) is 11.1. The number of nitrogens with two attached hydrogens (primary N) is 1. The van der Waals surface area contributed by atoms with Crippen molar-refractivity contribution in [2.75, 3.05) is 19.8 Å². The molecule has 0 aliphatic heterocycles. The molecule has 0 aromatic rings. The largest absolute Gasteiger partial charge is 0.458 e. The molecule has 0 aromatic heterocycles. The lowest BCUT2D eigenvalue weighted by molar-refractivity contribution is -0.161. The van der Waals surface area contributed by atoms with Gasteiger partial charge in [0.2, 0.25) is 0 Å². The Bertz CT molecular complexity index is 163. The van der Waals surface area contributed by atoms with Crippen molar-refractivity contribution in [1.82, 2.24) is 0 Å². The number of esters is 1. The number of carbonyl (C=O) groups excluding carboxylic acids is 1. The molecule has 0 amide bonds. The molecule has 0 fully saturated rings. The Kier molecular flexibility index (Phi) is 7.37. The zero-order valence-electron chi connectivity index (χ0n) is 8.73. The molecule has 84 valence electrons. The highest BCUT2D eigenvalue weighted by Gasteiger charge is 2.18. The molecule has 0 bridgehead atoms. The quantitative estimate of drug-likeness (QED) is 0.556. The first-order chi connectivity index (χ1) is 6.61. The minimum Gasteiger partial charge on any atom is -0.458 e. The van der Waals surface area contributed by atoms with E-state index in [1.165, 1.54) is 0 Å². The molecule has 0 spiro atoms. The lowest BCUT2D eigenvalue weighted by Gasteiger charge is -2.15. The highest BCUT2D eigenvalue weighted by atomic mass is 16.6. The summed E-state index contributed by atoms with van der Waals surface area (Å²) < 4.78 is 9.95. The molecule has 0 aliphatic rings. The van der Waals surface area contributed by atoms with Crippen LogP contribution in [0.5, 0.6) is 0 Å². The topological polar surface area (TPSA) is 81.8 Å². The molecule has 0 heterocycles. The van der Waals surface area contributed by atoms with Gasteiger partial charge in [0.1, 0.15) is 6.10 Å². The SMILES string of the molecule is CCOCC(C)OC(=O)C(O)CCN. The van der Waals surface area contributed by atoms with Crippen LogP contribution < -0.4 is 5.73 Å². The molecule has 5 nitrogen and oxygen atoms in total. The normalized spacial score (nSPS) is 14.9. The van der Waals surface area contributed by atoms with Crippen molar-refractivity contribution < 1.29 is 19.4 Å². The zero-order valence-corrected chi connectivity index (χ0v) is 8.73. The predicted molar refractivity (Wildman–Crippen MR) is 51.7 cm³/mol. The highest BCUT2D eigenvalue weighted by Crippen LogP contribution is 1.99. The molecule has 2 atom stereocenters. The van der Waals surface area contributed by atoms with Crippen molar-refractivity contribution in [3.05, 3.63) is 0 Å². The Labute approximate surface area is 84.2 Å². The van der Waals surface area contributed by atoms with Gasteiger partial charge in [-0.05, 0) is 26.8 Å². The third kappa shape index (κ3) is 5.90. The van der Waals surface area contributed by atoms with E-state index in [1.54, 1.807) is 6.92 Å². The maximum atomic E-state index is 11.1. The van der Waals surface area contributed by atoms with Crippen LogP contribution in [0.1, 0.15) is 20.3 Å². The first kappa shape index (κ1) is 13.4. The Balaban J connectivity index is 3.69. The molecule has 0 aromatic carbocycles. The molecule has 2 unspecified atom stereocenters. The smallest absolute Gasteiger partial charge is 0.335 e. The van der Waals surface area contributed by atoms with Gasteiger partial charge in [0.25, 0.3) is 0 Å². The fourth-order valence-corrected chi connectivity index (χ4v) is 0.870. The third-order valence-corrected chi connectivity index (χ3v) is 1.59. The molecule has 14 heavy (non-hydrogen) atoms. The van der Waals surface area contributed by atoms with Crippen LogP contribution in [0.25, 0.3) is 0 Å². The van der Waals surface area contributed by atoms with Gasteiger partial charge >= 0.3 is 5.97 Å². The summed E-state index contributed by atoms with van der Waals surface area (Å²) in [7, 11) is 0. The van der Waals surface area contributed by atoms with Crippen molar-refractivity contribution in [3.8, 4) is 0 Å². The Morgan fingerprint density at radius 2 is 2.21 bits per heavy atom. The van der Waals surface area contributed by atoms with E-state index < -0.39 is 12.1 Å². The summed E-state index contributed by atoms with van der Waals surface area (Å²) in [5, 5.41) is 9.20. The molecule has 0 saturated heterocycles. The van der Waals surface area contributed by atoms with Gasteiger partial charge in [-0.15, -0.1) is 0 Å². The van der Waals surface area contributed by atoms with Gasteiger partial charge in [0, 0.05) is 6.61 Å². The van der Waals surface area contributed by atoms with E-state index in [1.807, 2.05) is 6.92 Å². The minimum atomic E-state index is -1.12. The van der Waals surface area contributed by atoms with E-state index in [9.17, 15) is 9.90 Å². The third-order valence-electron chi connectivity index (χ3n) is 1.59. The van der Waals surface area contributed by atoms with Gasteiger partial charge in [-0.25, -0.2) is 4.79 Å². The van der Waals surface area contributed by atoms with Crippen LogP contribution in [0.15, 0.2) is 0 Å². The fraction of sp³-hybridized carbons (Fsp3) is 0.889. The summed E-state index contributed by atoms with van der Waals surface area (Å²) in [6.45, 7) is 4.75. The molecule has 0 rings (SSSR count). The van der Waals surface area contributed by atoms with Crippen molar-refractivity contribution in [3.63, 3.8) is 0 Å². The second-order valence-corrected chi connectivity index (χ2v) is 3.00. The lowest BCUT2D eigenvalue weighted by Crippen LogP contribution is -2.30. The Morgan fingerprint density at radius 1 is 1.57 bits per heavy atom. The first-order valence-electron chi connectivity index (χ1n) is 4.78. The van der Waals surface area contributed by atoms with E-state index >= 15 is 0 Å². The van der Waals surface area contributed by atoms with Crippen molar-refractivity contribution in [2.24, 2.45) is 5.73 Å². The van der Waals surface area contributed by atoms with Crippen molar-refractivity contribution >= 4 is 5.97 Å². The monoisotopic (exact) mass is 205 g/mol. The molecule has 0 saturated carbocycles. The van der Waals surface area contributed by atoms with Crippen LogP contribution in [-0.2, 0) is 14.3 Å². The standard InChI is InChI=1S/C9H19NO4/c1-3-13-6-7(2)14-9(12)8(11)4-5-10/h7-8,11H,3-6,10H2,1-2H3. The van der Waals surface area contributed by atoms with Gasteiger partial charge in [-0.3, -0.25) is 0 Å². The number of rotatable bonds is 7. The van der Waals surface area contributed by atoms with Crippen LogP contribution in [0.4, 0.5) is 0 Å². The van der Waals surface area contributed by atoms with Crippen molar-refractivity contribution in [1.29, 1.82) is 0 Å². The summed E-state index contributed by atoms with van der Waals surface area (Å²) in [6, 6.07) is 0. The molecule has 0 aliphatic carbocycles.